The number of hydrogen-bond acceptors (Lipinski definition) is 10. The van der Waals surface area contributed by atoms with Crippen LogP contribution in [-0.4, -0.2) is 68.2 Å². The number of halogens is 1. The number of carboxylic acid groups (broad SMARTS) is 1. The summed E-state index contributed by atoms with van der Waals surface area (Å²) < 4.78 is 14.4. The Bertz CT molecular complexity index is 611. The van der Waals surface area contributed by atoms with Crippen LogP contribution in [0.25, 0.3) is 0 Å². The fourth-order valence-corrected chi connectivity index (χ4v) is 1.29. The molecule has 0 heterocycles. The monoisotopic (exact) mass is 603 g/mol. The van der Waals surface area contributed by atoms with Crippen LogP contribution in [0.4, 0.5) is 0 Å². The number of hydrogen-bond donors (Lipinski definition) is 2. The summed E-state index contributed by atoms with van der Waals surface area (Å²) in [7, 11) is 0. The Morgan fingerprint density at radius 1 is 0.675 bits per heavy atom. The van der Waals surface area contributed by atoms with Crippen molar-refractivity contribution in [2.24, 2.45) is 0 Å². The van der Waals surface area contributed by atoms with E-state index < -0.39 is 5.60 Å². The lowest BCUT2D eigenvalue weighted by Gasteiger charge is -2.17. The van der Waals surface area contributed by atoms with Crippen LogP contribution in [0.2, 0.25) is 0 Å². The van der Waals surface area contributed by atoms with E-state index in [4.69, 9.17) is 34.0 Å². The lowest BCUT2D eigenvalue weighted by Crippen LogP contribution is -2.21. The molecule has 240 valence electrons. The molecule has 0 unspecified atom stereocenters. The molecule has 40 heavy (non-hydrogen) atoms. The van der Waals surface area contributed by atoms with Crippen LogP contribution in [-0.2, 0) is 43.0 Å². The molecule has 0 aromatic carbocycles. The zero-order valence-electron chi connectivity index (χ0n) is 27.7. The van der Waals surface area contributed by atoms with Crippen LogP contribution < -0.4 is 0 Å². The first-order valence-corrected chi connectivity index (χ1v) is 11.9. The fraction of sp³-hybridized carbons (Fsp3) is 0.714. The highest BCUT2D eigenvalue weighted by molar-refractivity contribution is 6.62. The number of carbonyl (C=O) groups is 5. The Labute approximate surface area is 247 Å². The lowest BCUT2D eigenvalue weighted by atomic mass is 10.2. The molecular weight excluding hydrogens is 548 g/mol. The minimum absolute atomic E-state index is 0. The van der Waals surface area contributed by atoms with Crippen molar-refractivity contribution in [3.8, 4) is 0 Å². The van der Waals surface area contributed by atoms with Crippen LogP contribution in [0.5, 0.6) is 0 Å². The zero-order chi connectivity index (χ0) is 33.8. The van der Waals surface area contributed by atoms with E-state index in [1.807, 2.05) is 62.3 Å². The van der Waals surface area contributed by atoms with Gasteiger partial charge < -0.3 is 24.4 Å². The van der Waals surface area contributed by atoms with Gasteiger partial charge in [-0.3, -0.25) is 24.0 Å². The SMILES string of the molecule is C=C=O.CC(=O)Cl.CC(=O)OC(C)(C)C.CC(=O)OC(C)(C)C.CC(=O)OC(C)(C)C.CC(C)(C)O.O=CO.[CH3+]. The maximum absolute atomic E-state index is 10.2. The highest BCUT2D eigenvalue weighted by Gasteiger charge is 2.13. The fourth-order valence-electron chi connectivity index (χ4n) is 1.29. The van der Waals surface area contributed by atoms with E-state index in [2.05, 4.69) is 18.2 Å². The molecule has 0 aliphatic carbocycles. The smallest absolute Gasteiger partial charge is 0.303 e. The van der Waals surface area contributed by atoms with Crippen molar-refractivity contribution >= 4 is 47.2 Å². The molecule has 0 bridgehead atoms. The van der Waals surface area contributed by atoms with Gasteiger partial charge in [-0.25, -0.2) is 4.79 Å². The van der Waals surface area contributed by atoms with E-state index in [1.54, 1.807) is 20.8 Å². The highest BCUT2D eigenvalue weighted by Crippen LogP contribution is 2.06. The van der Waals surface area contributed by atoms with E-state index in [0.717, 1.165) is 0 Å². The second-order valence-electron chi connectivity index (χ2n) is 11.0. The number of ether oxygens (including phenoxy) is 3. The zero-order valence-corrected chi connectivity index (χ0v) is 28.5. The Kier molecular flexibility index (Phi) is 43.8. The van der Waals surface area contributed by atoms with Gasteiger partial charge in [0.05, 0.1) is 5.60 Å². The van der Waals surface area contributed by atoms with Gasteiger partial charge in [-0.05, 0) is 101 Å². The molecule has 0 atom stereocenters. The Morgan fingerprint density at radius 3 is 0.750 bits per heavy atom. The largest absolute Gasteiger partial charge is 0.483 e. The van der Waals surface area contributed by atoms with Gasteiger partial charge in [0.25, 0.3) is 6.47 Å². The predicted octanol–water partition coefficient (Wildman–Crippen LogP) is 5.75. The maximum atomic E-state index is 10.2. The molecule has 0 aromatic rings. The summed E-state index contributed by atoms with van der Waals surface area (Å²) in [5.41, 5.74) is -1.48. The highest BCUT2D eigenvalue weighted by atomic mass is 35.5. The van der Waals surface area contributed by atoms with Crippen molar-refractivity contribution in [3.63, 3.8) is 0 Å². The minimum Gasteiger partial charge on any atom is -0.483 e. The first-order valence-electron chi connectivity index (χ1n) is 11.5. The molecule has 0 saturated heterocycles. The van der Waals surface area contributed by atoms with Crippen LogP contribution >= 0.6 is 11.6 Å². The minimum atomic E-state index is -0.500. The maximum Gasteiger partial charge on any atom is 0.303 e. The second-order valence-corrected chi connectivity index (χ2v) is 11.5. The van der Waals surface area contributed by atoms with Gasteiger partial charge in [-0.2, -0.15) is 0 Å². The van der Waals surface area contributed by atoms with Crippen LogP contribution in [0.3, 0.4) is 0 Å². The van der Waals surface area contributed by atoms with Crippen LogP contribution in [0.15, 0.2) is 6.58 Å². The standard InChI is InChI=1S/3C6H12O2.C4H10O.C2H3ClO.C2H2O.CH2O2.CH3/c3*1-5(7)8-6(2,3)4;1-4(2,3)5;1-2(3)4;1-2-3;2-1-3;/h3*1-4H3;5H,1-3H3;1H3;1H2;1H,(H,2,3);1H3/q;;;;;;;+1. The van der Waals surface area contributed by atoms with Gasteiger partial charge in [0, 0.05) is 35.1 Å². The molecule has 0 amide bonds. The molecule has 0 aromatic heterocycles. The third-order valence-corrected chi connectivity index (χ3v) is 1.35. The Balaban J connectivity index is -0.0000000513. The first-order chi connectivity index (χ1) is 16.8. The Hall–Kier alpha value is -2.88. The van der Waals surface area contributed by atoms with Gasteiger partial charge in [0.1, 0.15) is 22.7 Å². The lowest BCUT2D eigenvalue weighted by molar-refractivity contribution is -0.153. The molecule has 2 N–H and O–H groups in total. The molecular formula is C28H56ClO11+. The normalized spacial score (nSPS) is 9.25. The molecule has 0 radical (unpaired) electrons. The van der Waals surface area contributed by atoms with E-state index >= 15 is 0 Å². The van der Waals surface area contributed by atoms with Crippen LogP contribution in [0, 0.1) is 7.43 Å². The summed E-state index contributed by atoms with van der Waals surface area (Å²) >= 11 is 4.64. The van der Waals surface area contributed by atoms with Crippen molar-refractivity contribution < 1.29 is 53.2 Å². The summed E-state index contributed by atoms with van der Waals surface area (Å²) in [6.45, 7) is 29.8. The van der Waals surface area contributed by atoms with E-state index in [-0.39, 0.29) is 53.9 Å². The van der Waals surface area contributed by atoms with Crippen molar-refractivity contribution in [2.45, 2.75) is 133 Å². The summed E-state index contributed by atoms with van der Waals surface area (Å²) in [5, 5.41) is 15.0. The Morgan fingerprint density at radius 2 is 0.750 bits per heavy atom. The van der Waals surface area contributed by atoms with Crippen LogP contribution in [0.1, 0.15) is 111 Å². The molecule has 0 rings (SSSR count). The van der Waals surface area contributed by atoms with Crippen molar-refractivity contribution in [1.29, 1.82) is 0 Å². The van der Waals surface area contributed by atoms with E-state index in [9.17, 15) is 19.2 Å². The summed E-state index contributed by atoms with van der Waals surface area (Å²) in [6, 6.07) is 0. The molecule has 0 aliphatic rings. The first kappa shape index (κ1) is 57.1. The molecule has 0 saturated carbocycles. The molecule has 0 fully saturated rings. The number of rotatable bonds is 0. The van der Waals surface area contributed by atoms with Gasteiger partial charge in [0.15, 0.2) is 0 Å². The second kappa shape index (κ2) is 30.7. The third-order valence-electron chi connectivity index (χ3n) is 1.35. The molecule has 0 aliphatic heterocycles. The van der Waals surface area contributed by atoms with Gasteiger partial charge in [-0.15, -0.1) is 0 Å². The number of aliphatic hydroxyl groups is 1. The summed E-state index contributed by atoms with van der Waals surface area (Å²) in [5.74, 6) is 0.576. The van der Waals surface area contributed by atoms with E-state index in [0.29, 0.717) is 0 Å². The molecule has 0 spiro atoms. The summed E-state index contributed by atoms with van der Waals surface area (Å²) in [6.07, 6.45) is 0. The number of esters is 3. The van der Waals surface area contributed by atoms with Crippen molar-refractivity contribution in [1.82, 2.24) is 0 Å². The van der Waals surface area contributed by atoms with Gasteiger partial charge in [0.2, 0.25) is 5.24 Å². The van der Waals surface area contributed by atoms with Gasteiger partial charge in [-0.1, -0.05) is 0 Å². The van der Waals surface area contributed by atoms with Crippen molar-refractivity contribution in [2.75, 3.05) is 0 Å². The molecule has 11 nitrogen and oxygen atoms in total. The van der Waals surface area contributed by atoms with Gasteiger partial charge >= 0.3 is 17.9 Å². The van der Waals surface area contributed by atoms with Crippen molar-refractivity contribution in [3.05, 3.63) is 14.0 Å². The van der Waals surface area contributed by atoms with E-state index in [1.165, 1.54) is 33.6 Å². The topological polar surface area (TPSA) is 171 Å². The predicted molar refractivity (Wildman–Crippen MR) is 159 cm³/mol. The average Bonchev–Trinajstić information content (AvgIpc) is 2.47. The number of carbonyl (C=O) groups excluding carboxylic acids is 5. The average molecular weight is 604 g/mol. The molecule has 12 heteroatoms. The third kappa shape index (κ3) is 278. The quantitative estimate of drug-likeness (QED) is 0.0862. The summed E-state index contributed by atoms with van der Waals surface area (Å²) in [4.78, 5) is 56.9.